The fourth-order valence-corrected chi connectivity index (χ4v) is 4.92. The van der Waals surface area contributed by atoms with E-state index in [1.165, 1.54) is 0 Å². The van der Waals surface area contributed by atoms with Gasteiger partial charge in [0.05, 0.1) is 5.52 Å². The fourth-order valence-electron chi connectivity index (χ4n) is 4.92. The minimum Gasteiger partial charge on any atom is -0.346 e. The van der Waals surface area contributed by atoms with Gasteiger partial charge in [0.2, 0.25) is 11.8 Å². The maximum absolute atomic E-state index is 12.9. The number of amides is 2. The van der Waals surface area contributed by atoms with Crippen LogP contribution in [0.5, 0.6) is 0 Å². The first-order chi connectivity index (χ1) is 15.9. The summed E-state index contributed by atoms with van der Waals surface area (Å²) >= 11 is 0. The van der Waals surface area contributed by atoms with Crippen molar-refractivity contribution in [2.45, 2.75) is 59.3 Å². The lowest BCUT2D eigenvalue weighted by Crippen LogP contribution is -2.43. The van der Waals surface area contributed by atoms with Crippen molar-refractivity contribution in [3.8, 4) is 0 Å². The van der Waals surface area contributed by atoms with Crippen LogP contribution in [-0.4, -0.2) is 62.9 Å². The average molecular weight is 450 g/mol. The molecule has 1 aromatic carbocycles. The molecule has 0 N–H and O–H groups in total. The van der Waals surface area contributed by atoms with E-state index in [2.05, 4.69) is 13.8 Å². The van der Waals surface area contributed by atoms with Crippen molar-refractivity contribution in [1.82, 2.24) is 24.4 Å². The van der Waals surface area contributed by atoms with E-state index in [0.29, 0.717) is 25.9 Å². The number of likely N-dealkylation sites (tertiary alicyclic amines) is 1. The highest BCUT2D eigenvalue weighted by Gasteiger charge is 2.29. The largest absolute Gasteiger partial charge is 0.346 e. The van der Waals surface area contributed by atoms with Crippen LogP contribution in [0.2, 0.25) is 0 Å². The molecule has 7 heteroatoms. The molecule has 1 fully saturated rings. The van der Waals surface area contributed by atoms with Crippen LogP contribution in [0.4, 0.5) is 0 Å². The Bertz CT molecular complexity index is 1160. The standard InChI is InChI=1S/C26H35N5O2/c1-5-6-15-29(4)26(33)20-13-16-30(17-14-20)24(32)12-11-21-18(2)27-25-22-9-7-8-10-23(22)28-31(25)19(21)3/h7-10,20H,5-6,11-17H2,1-4H3. The van der Waals surface area contributed by atoms with Crippen molar-refractivity contribution < 1.29 is 9.59 Å². The second kappa shape index (κ2) is 9.89. The fraction of sp³-hybridized carbons (Fsp3) is 0.538. The number of carbonyl (C=O) groups excluding carboxylic acids is 2. The topological polar surface area (TPSA) is 70.8 Å². The van der Waals surface area contributed by atoms with E-state index >= 15 is 0 Å². The van der Waals surface area contributed by atoms with E-state index in [4.69, 9.17) is 10.1 Å². The lowest BCUT2D eigenvalue weighted by atomic mass is 9.94. The summed E-state index contributed by atoms with van der Waals surface area (Å²) in [5.41, 5.74) is 4.88. The number of aryl methyl sites for hydroxylation is 2. The molecule has 2 aromatic heterocycles. The normalized spacial score (nSPS) is 14.8. The smallest absolute Gasteiger partial charge is 0.225 e. The summed E-state index contributed by atoms with van der Waals surface area (Å²) < 4.78 is 1.91. The van der Waals surface area contributed by atoms with Crippen LogP contribution in [0, 0.1) is 19.8 Å². The zero-order valence-electron chi connectivity index (χ0n) is 20.3. The van der Waals surface area contributed by atoms with Crippen LogP contribution in [-0.2, 0) is 16.0 Å². The Morgan fingerprint density at radius 1 is 1.15 bits per heavy atom. The molecule has 33 heavy (non-hydrogen) atoms. The van der Waals surface area contributed by atoms with Crippen LogP contribution in [0.1, 0.15) is 56.0 Å². The molecule has 3 heterocycles. The van der Waals surface area contributed by atoms with E-state index in [9.17, 15) is 9.59 Å². The minimum atomic E-state index is 0.0425. The maximum atomic E-state index is 12.9. The lowest BCUT2D eigenvalue weighted by molar-refractivity contribution is -0.139. The van der Waals surface area contributed by atoms with Crippen molar-refractivity contribution in [2.24, 2.45) is 5.92 Å². The predicted octanol–water partition coefficient (Wildman–Crippen LogP) is 3.93. The molecule has 2 amide bonds. The van der Waals surface area contributed by atoms with Gasteiger partial charge in [0.25, 0.3) is 0 Å². The summed E-state index contributed by atoms with van der Waals surface area (Å²) in [6.07, 6.45) is 4.73. The summed E-state index contributed by atoms with van der Waals surface area (Å²) in [5.74, 6) is 0.429. The van der Waals surface area contributed by atoms with Crippen LogP contribution in [0.3, 0.4) is 0 Å². The molecule has 0 spiro atoms. The third-order valence-electron chi connectivity index (χ3n) is 7.03. The highest BCUT2D eigenvalue weighted by Crippen LogP contribution is 2.24. The second-order valence-corrected chi connectivity index (χ2v) is 9.28. The Balaban J connectivity index is 1.37. The molecule has 4 rings (SSSR count). The molecule has 176 valence electrons. The highest BCUT2D eigenvalue weighted by molar-refractivity contribution is 5.92. The number of rotatable bonds is 7. The van der Waals surface area contributed by atoms with Crippen molar-refractivity contribution in [3.63, 3.8) is 0 Å². The zero-order chi connectivity index (χ0) is 23.5. The van der Waals surface area contributed by atoms with Gasteiger partial charge in [-0.05, 0) is 57.2 Å². The van der Waals surface area contributed by atoms with E-state index in [-0.39, 0.29) is 17.7 Å². The SMILES string of the molecule is CCCCN(C)C(=O)C1CCN(C(=O)CCc2c(C)nc3c4ccccc4nn3c2C)CC1. The number of fused-ring (bicyclic) bond motifs is 3. The van der Waals surface area contributed by atoms with Gasteiger partial charge in [-0.3, -0.25) is 9.59 Å². The quantitative estimate of drug-likeness (QED) is 0.548. The van der Waals surface area contributed by atoms with E-state index in [0.717, 1.165) is 65.7 Å². The first kappa shape index (κ1) is 23.2. The first-order valence-corrected chi connectivity index (χ1v) is 12.2. The summed E-state index contributed by atoms with van der Waals surface area (Å²) in [7, 11) is 1.90. The van der Waals surface area contributed by atoms with Gasteiger partial charge in [-0.2, -0.15) is 5.10 Å². The molecule has 0 radical (unpaired) electrons. The summed E-state index contributed by atoms with van der Waals surface area (Å²) in [4.78, 5) is 34.2. The van der Waals surface area contributed by atoms with Crippen LogP contribution in [0.15, 0.2) is 24.3 Å². The molecule has 0 aliphatic carbocycles. The molecule has 0 unspecified atom stereocenters. The molecule has 0 atom stereocenters. The molecule has 7 nitrogen and oxygen atoms in total. The minimum absolute atomic E-state index is 0.0425. The van der Waals surface area contributed by atoms with E-state index < -0.39 is 0 Å². The van der Waals surface area contributed by atoms with Crippen LogP contribution < -0.4 is 0 Å². The number of unbranched alkanes of at least 4 members (excludes halogenated alkanes) is 1. The molecule has 1 aliphatic heterocycles. The molecule has 3 aromatic rings. The van der Waals surface area contributed by atoms with Gasteiger partial charge in [0.1, 0.15) is 0 Å². The Morgan fingerprint density at radius 2 is 1.88 bits per heavy atom. The van der Waals surface area contributed by atoms with Gasteiger partial charge in [-0.25, -0.2) is 9.50 Å². The van der Waals surface area contributed by atoms with Crippen molar-refractivity contribution >= 4 is 28.4 Å². The van der Waals surface area contributed by atoms with Gasteiger partial charge < -0.3 is 9.80 Å². The molecular weight excluding hydrogens is 414 g/mol. The number of nitrogens with zero attached hydrogens (tertiary/aromatic N) is 5. The lowest BCUT2D eigenvalue weighted by Gasteiger charge is -2.33. The molecule has 1 saturated heterocycles. The summed E-state index contributed by atoms with van der Waals surface area (Å²) in [5, 5.41) is 5.76. The number of hydrogen-bond acceptors (Lipinski definition) is 4. The number of piperidine rings is 1. The monoisotopic (exact) mass is 449 g/mol. The Morgan fingerprint density at radius 3 is 2.61 bits per heavy atom. The Labute approximate surface area is 195 Å². The van der Waals surface area contributed by atoms with Crippen LogP contribution in [0.25, 0.3) is 16.6 Å². The van der Waals surface area contributed by atoms with Gasteiger partial charge >= 0.3 is 0 Å². The molecule has 1 aliphatic rings. The molecular formula is C26H35N5O2. The van der Waals surface area contributed by atoms with Crippen molar-refractivity contribution in [2.75, 3.05) is 26.7 Å². The third kappa shape index (κ3) is 4.72. The molecule has 0 saturated carbocycles. The number of carbonyl (C=O) groups is 2. The highest BCUT2D eigenvalue weighted by atomic mass is 16.2. The number of benzene rings is 1. The number of aromatic nitrogens is 3. The van der Waals surface area contributed by atoms with Crippen LogP contribution >= 0.6 is 0 Å². The Kier molecular flexibility index (Phi) is 6.96. The van der Waals surface area contributed by atoms with Gasteiger partial charge in [0.15, 0.2) is 5.65 Å². The third-order valence-corrected chi connectivity index (χ3v) is 7.03. The van der Waals surface area contributed by atoms with Gasteiger partial charge in [-0.1, -0.05) is 25.5 Å². The molecule has 0 bridgehead atoms. The summed E-state index contributed by atoms with van der Waals surface area (Å²) in [6.45, 7) is 8.35. The van der Waals surface area contributed by atoms with Crippen molar-refractivity contribution in [3.05, 3.63) is 41.2 Å². The zero-order valence-corrected chi connectivity index (χ0v) is 20.3. The predicted molar refractivity (Wildman–Crippen MR) is 130 cm³/mol. The second-order valence-electron chi connectivity index (χ2n) is 9.28. The summed E-state index contributed by atoms with van der Waals surface area (Å²) in [6, 6.07) is 8.03. The van der Waals surface area contributed by atoms with E-state index in [1.54, 1.807) is 0 Å². The van der Waals surface area contributed by atoms with Gasteiger partial charge in [0, 0.05) is 55.8 Å². The van der Waals surface area contributed by atoms with Gasteiger partial charge in [-0.15, -0.1) is 0 Å². The average Bonchev–Trinajstić information content (AvgIpc) is 3.20. The maximum Gasteiger partial charge on any atom is 0.225 e. The first-order valence-electron chi connectivity index (χ1n) is 12.2. The van der Waals surface area contributed by atoms with Crippen molar-refractivity contribution in [1.29, 1.82) is 0 Å². The number of hydrogen-bond donors (Lipinski definition) is 0. The Hall–Kier alpha value is -2.96. The van der Waals surface area contributed by atoms with E-state index in [1.807, 2.05) is 52.6 Å².